The minimum absolute atomic E-state index is 0.0444. The molecule has 3 rings (SSSR count). The SMILES string of the molecule is COc1cc(/C(N)=C/N[C@@H]2C[C@H](C(C)(C)C)CCN(CC(C)(C)C)C2=O)ccc1-n1cnc(C)c1. The first-order valence-electron chi connectivity index (χ1n) is 12.5. The molecule has 7 heteroatoms. The van der Waals surface area contributed by atoms with Crippen LogP contribution in [-0.2, 0) is 4.79 Å². The summed E-state index contributed by atoms with van der Waals surface area (Å²) < 4.78 is 7.55. The Morgan fingerprint density at radius 2 is 1.97 bits per heavy atom. The lowest BCUT2D eigenvalue weighted by atomic mass is 9.76. The highest BCUT2D eigenvalue weighted by Crippen LogP contribution is 2.35. The number of benzene rings is 1. The van der Waals surface area contributed by atoms with E-state index in [1.807, 2.05) is 40.8 Å². The Bertz CT molecular complexity index is 1060. The third-order valence-corrected chi connectivity index (χ3v) is 6.71. The first-order chi connectivity index (χ1) is 16.3. The largest absolute Gasteiger partial charge is 0.495 e. The van der Waals surface area contributed by atoms with E-state index in [1.54, 1.807) is 19.6 Å². The zero-order valence-corrected chi connectivity index (χ0v) is 22.7. The topological polar surface area (TPSA) is 85.4 Å². The normalized spacial score (nSPS) is 20.1. The summed E-state index contributed by atoms with van der Waals surface area (Å²) in [7, 11) is 1.64. The van der Waals surface area contributed by atoms with Crippen molar-refractivity contribution in [3.8, 4) is 11.4 Å². The number of nitrogens with zero attached hydrogens (tertiary/aromatic N) is 3. The lowest BCUT2D eigenvalue weighted by Gasteiger charge is -2.31. The van der Waals surface area contributed by atoms with Crippen LogP contribution in [0.1, 0.15) is 65.6 Å². The van der Waals surface area contributed by atoms with Gasteiger partial charge in [0.15, 0.2) is 0 Å². The van der Waals surface area contributed by atoms with E-state index in [0.29, 0.717) is 17.4 Å². The zero-order chi connectivity index (χ0) is 26.0. The van der Waals surface area contributed by atoms with Crippen molar-refractivity contribution in [3.05, 3.63) is 48.2 Å². The van der Waals surface area contributed by atoms with E-state index < -0.39 is 0 Å². The Morgan fingerprint density at radius 3 is 2.54 bits per heavy atom. The summed E-state index contributed by atoms with van der Waals surface area (Å²) in [4.78, 5) is 19.8. The summed E-state index contributed by atoms with van der Waals surface area (Å²) in [5.74, 6) is 1.28. The monoisotopic (exact) mass is 481 g/mol. The van der Waals surface area contributed by atoms with Crippen molar-refractivity contribution in [1.82, 2.24) is 19.8 Å². The fourth-order valence-corrected chi connectivity index (χ4v) is 4.70. The van der Waals surface area contributed by atoms with E-state index in [-0.39, 0.29) is 22.8 Å². The van der Waals surface area contributed by atoms with Gasteiger partial charge in [-0.1, -0.05) is 47.6 Å². The molecule has 0 unspecified atom stereocenters. The molecular weight excluding hydrogens is 438 g/mol. The Balaban J connectivity index is 1.84. The van der Waals surface area contributed by atoms with Crippen LogP contribution >= 0.6 is 0 Å². The number of nitrogens with one attached hydrogen (secondary N) is 1. The number of methoxy groups -OCH3 is 1. The minimum atomic E-state index is -0.308. The highest BCUT2D eigenvalue weighted by Gasteiger charge is 2.36. The molecule has 35 heavy (non-hydrogen) atoms. The number of hydrogen-bond acceptors (Lipinski definition) is 5. The number of imidazole rings is 1. The number of carbonyl (C=O) groups excluding carboxylic acids is 1. The summed E-state index contributed by atoms with van der Waals surface area (Å²) in [5.41, 5.74) is 9.85. The zero-order valence-electron chi connectivity index (χ0n) is 22.7. The molecule has 1 saturated heterocycles. The minimum Gasteiger partial charge on any atom is -0.495 e. The maximum atomic E-state index is 13.5. The smallest absolute Gasteiger partial charge is 0.245 e. The van der Waals surface area contributed by atoms with Gasteiger partial charge in [0.1, 0.15) is 11.8 Å². The molecule has 0 saturated carbocycles. The third-order valence-electron chi connectivity index (χ3n) is 6.71. The van der Waals surface area contributed by atoms with Gasteiger partial charge in [-0.15, -0.1) is 0 Å². The van der Waals surface area contributed by atoms with Crippen molar-refractivity contribution >= 4 is 11.6 Å². The summed E-state index contributed by atoms with van der Waals surface area (Å²) >= 11 is 0. The predicted octanol–water partition coefficient (Wildman–Crippen LogP) is 4.74. The van der Waals surface area contributed by atoms with Crippen LogP contribution in [-0.4, -0.2) is 46.6 Å². The molecular formula is C28H43N5O2. The van der Waals surface area contributed by atoms with E-state index in [4.69, 9.17) is 10.5 Å². The third kappa shape index (κ3) is 6.80. The van der Waals surface area contributed by atoms with Crippen molar-refractivity contribution in [1.29, 1.82) is 0 Å². The number of aromatic nitrogens is 2. The van der Waals surface area contributed by atoms with Gasteiger partial charge in [-0.05, 0) is 48.6 Å². The lowest BCUT2D eigenvalue weighted by molar-refractivity contribution is -0.133. The van der Waals surface area contributed by atoms with E-state index in [0.717, 1.165) is 42.9 Å². The van der Waals surface area contributed by atoms with Gasteiger partial charge in [0.05, 0.1) is 30.5 Å². The Morgan fingerprint density at radius 1 is 1.26 bits per heavy atom. The van der Waals surface area contributed by atoms with Crippen LogP contribution in [0.25, 0.3) is 11.4 Å². The molecule has 1 fully saturated rings. The van der Waals surface area contributed by atoms with Gasteiger partial charge in [-0.2, -0.15) is 0 Å². The Kier molecular flexibility index (Phi) is 7.87. The predicted molar refractivity (Wildman–Crippen MR) is 142 cm³/mol. The number of ether oxygens (including phenoxy) is 1. The van der Waals surface area contributed by atoms with Gasteiger partial charge < -0.3 is 25.3 Å². The summed E-state index contributed by atoms with van der Waals surface area (Å²) in [6, 6.07) is 5.53. The molecule has 1 aromatic carbocycles. The molecule has 1 aromatic heterocycles. The maximum absolute atomic E-state index is 13.5. The molecule has 1 aliphatic rings. The molecule has 0 aliphatic carbocycles. The van der Waals surface area contributed by atoms with Crippen molar-refractivity contribution in [2.24, 2.45) is 22.5 Å². The standard InChI is InChI=1S/C28H43N5O2/c1-19-16-33(18-31-19)24-10-9-20(13-25(24)35-8)22(29)15-30-23-14-21(28(5,6)7)11-12-32(26(23)34)17-27(2,3)4/h9-10,13,15-16,18,21,23,30H,11-12,14,17,29H2,1-8H3/b22-15-/t21-,23-/m1/s1. The first kappa shape index (κ1) is 26.6. The van der Waals surface area contributed by atoms with E-state index in [9.17, 15) is 4.79 Å². The molecule has 1 amide bonds. The van der Waals surface area contributed by atoms with Gasteiger partial charge >= 0.3 is 0 Å². The molecule has 0 radical (unpaired) electrons. The highest BCUT2D eigenvalue weighted by atomic mass is 16.5. The Hall–Kier alpha value is -2.96. The number of rotatable bonds is 6. The molecule has 7 nitrogen and oxygen atoms in total. The van der Waals surface area contributed by atoms with Crippen LogP contribution in [0.15, 0.2) is 36.9 Å². The number of amides is 1. The number of carbonyl (C=O) groups is 1. The first-order valence-corrected chi connectivity index (χ1v) is 12.5. The second kappa shape index (κ2) is 10.3. The average molecular weight is 482 g/mol. The molecule has 2 aromatic rings. The molecule has 3 N–H and O–H groups in total. The van der Waals surface area contributed by atoms with Crippen molar-refractivity contribution in [2.45, 2.75) is 67.3 Å². The number of nitrogens with two attached hydrogens (primary N) is 1. The molecule has 0 spiro atoms. The molecule has 2 heterocycles. The van der Waals surface area contributed by atoms with Crippen LogP contribution in [0, 0.1) is 23.7 Å². The fourth-order valence-electron chi connectivity index (χ4n) is 4.70. The van der Waals surface area contributed by atoms with Crippen LogP contribution in [0.2, 0.25) is 0 Å². The number of hydrogen-bond donors (Lipinski definition) is 2. The van der Waals surface area contributed by atoms with Crippen LogP contribution in [0.3, 0.4) is 0 Å². The van der Waals surface area contributed by atoms with Gasteiger partial charge in [-0.3, -0.25) is 4.79 Å². The molecule has 0 bridgehead atoms. The van der Waals surface area contributed by atoms with Gasteiger partial charge in [0, 0.05) is 31.0 Å². The summed E-state index contributed by atoms with van der Waals surface area (Å²) in [6.45, 7) is 16.8. The Labute approximate surface area is 210 Å². The summed E-state index contributed by atoms with van der Waals surface area (Å²) in [5, 5.41) is 3.38. The van der Waals surface area contributed by atoms with Crippen molar-refractivity contribution in [2.75, 3.05) is 20.2 Å². The highest BCUT2D eigenvalue weighted by molar-refractivity contribution is 5.82. The second-order valence-electron chi connectivity index (χ2n) is 12.0. The van der Waals surface area contributed by atoms with Crippen LogP contribution in [0.5, 0.6) is 5.75 Å². The van der Waals surface area contributed by atoms with Gasteiger partial charge in [0.2, 0.25) is 5.91 Å². The molecule has 2 atom stereocenters. The number of likely N-dealkylation sites (tertiary alicyclic amines) is 1. The quantitative estimate of drug-likeness (QED) is 0.623. The van der Waals surface area contributed by atoms with Crippen LogP contribution < -0.4 is 15.8 Å². The van der Waals surface area contributed by atoms with Gasteiger partial charge in [0.25, 0.3) is 0 Å². The lowest BCUT2D eigenvalue weighted by Crippen LogP contribution is -2.46. The van der Waals surface area contributed by atoms with Crippen LogP contribution in [0.4, 0.5) is 0 Å². The van der Waals surface area contributed by atoms with E-state index in [1.165, 1.54) is 0 Å². The van der Waals surface area contributed by atoms with Crippen molar-refractivity contribution in [3.63, 3.8) is 0 Å². The molecule has 1 aliphatic heterocycles. The maximum Gasteiger partial charge on any atom is 0.245 e. The van der Waals surface area contributed by atoms with Crippen molar-refractivity contribution < 1.29 is 9.53 Å². The van der Waals surface area contributed by atoms with E-state index in [2.05, 4.69) is 51.8 Å². The second-order valence-corrected chi connectivity index (χ2v) is 12.0. The average Bonchev–Trinajstić information content (AvgIpc) is 3.14. The number of aryl methyl sites for hydroxylation is 1. The summed E-state index contributed by atoms with van der Waals surface area (Å²) in [6.07, 6.45) is 7.29. The van der Waals surface area contributed by atoms with Gasteiger partial charge in [-0.25, -0.2) is 4.98 Å². The fraction of sp³-hybridized carbons (Fsp3) is 0.571. The van der Waals surface area contributed by atoms with E-state index >= 15 is 0 Å². The molecule has 192 valence electrons.